The van der Waals surface area contributed by atoms with Crippen molar-refractivity contribution in [3.8, 4) is 5.88 Å². The predicted molar refractivity (Wildman–Crippen MR) is 65.7 cm³/mol. The first-order chi connectivity index (χ1) is 8.58. The minimum Gasteiger partial charge on any atom is -0.442 e. The van der Waals surface area contributed by atoms with Crippen LogP contribution in [-0.4, -0.2) is 55.7 Å². The third-order valence-corrected chi connectivity index (χ3v) is 3.35. The smallest absolute Gasteiger partial charge is 0.273 e. The summed E-state index contributed by atoms with van der Waals surface area (Å²) in [5, 5.41) is 28.1. The van der Waals surface area contributed by atoms with Crippen molar-refractivity contribution in [3.05, 3.63) is 0 Å². The van der Waals surface area contributed by atoms with Gasteiger partial charge >= 0.3 is 0 Å². The summed E-state index contributed by atoms with van der Waals surface area (Å²) in [5.41, 5.74) is 0. The lowest BCUT2D eigenvalue weighted by molar-refractivity contribution is -0.0973. The van der Waals surface area contributed by atoms with Gasteiger partial charge in [-0.1, -0.05) is 0 Å². The second-order valence-electron chi connectivity index (χ2n) is 4.36. The van der Waals surface area contributed by atoms with Crippen molar-refractivity contribution in [2.75, 3.05) is 18.0 Å². The Hall–Kier alpha value is -0.960. The van der Waals surface area contributed by atoms with E-state index in [1.807, 2.05) is 4.90 Å². The molecular weight excluding hydrogens is 258 g/mol. The van der Waals surface area contributed by atoms with E-state index in [0.717, 1.165) is 11.7 Å². The standard InChI is InChI=1S/C10H17N3O4S/c1-6(14)10(16)17-9-8(11-18-12-9)13-4-2-7(15)3-5-13/h6-7,10,14-16H,2-5H2,1H3. The molecule has 2 atom stereocenters. The molecule has 0 aromatic carbocycles. The van der Waals surface area contributed by atoms with Crippen LogP contribution in [0, 0.1) is 0 Å². The van der Waals surface area contributed by atoms with Gasteiger partial charge in [0.1, 0.15) is 6.10 Å². The Kier molecular flexibility index (Phi) is 4.33. The van der Waals surface area contributed by atoms with Crippen LogP contribution in [0.1, 0.15) is 19.8 Å². The van der Waals surface area contributed by atoms with Crippen molar-refractivity contribution in [2.45, 2.75) is 38.3 Å². The summed E-state index contributed by atoms with van der Waals surface area (Å²) in [4.78, 5) is 1.96. The van der Waals surface area contributed by atoms with Gasteiger partial charge in [0.05, 0.1) is 17.8 Å². The lowest BCUT2D eigenvalue weighted by Gasteiger charge is -2.29. The number of aliphatic hydroxyl groups is 3. The minimum atomic E-state index is -1.32. The van der Waals surface area contributed by atoms with Crippen LogP contribution in [0.15, 0.2) is 0 Å². The third-order valence-electron chi connectivity index (χ3n) is 2.85. The zero-order valence-electron chi connectivity index (χ0n) is 10.1. The van der Waals surface area contributed by atoms with Gasteiger partial charge in [0.25, 0.3) is 5.88 Å². The Morgan fingerprint density at radius 3 is 2.61 bits per heavy atom. The molecule has 0 bridgehead atoms. The lowest BCUT2D eigenvalue weighted by atomic mass is 10.1. The molecule has 2 unspecified atom stereocenters. The maximum absolute atomic E-state index is 9.47. The predicted octanol–water partition coefficient (Wildman–Crippen LogP) is -0.423. The molecule has 8 heteroatoms. The molecule has 0 radical (unpaired) electrons. The van der Waals surface area contributed by atoms with E-state index in [1.165, 1.54) is 6.92 Å². The minimum absolute atomic E-state index is 0.227. The SMILES string of the molecule is CC(O)C(O)Oc1nsnc1N1CCC(O)CC1. The molecule has 102 valence electrons. The van der Waals surface area contributed by atoms with E-state index < -0.39 is 12.4 Å². The molecule has 0 spiro atoms. The van der Waals surface area contributed by atoms with Crippen LogP contribution in [0.2, 0.25) is 0 Å². The largest absolute Gasteiger partial charge is 0.442 e. The van der Waals surface area contributed by atoms with E-state index in [9.17, 15) is 15.3 Å². The van der Waals surface area contributed by atoms with Gasteiger partial charge in [-0.2, -0.15) is 4.37 Å². The van der Waals surface area contributed by atoms with Gasteiger partial charge in [-0.25, -0.2) is 0 Å². The van der Waals surface area contributed by atoms with Crippen molar-refractivity contribution in [3.63, 3.8) is 0 Å². The molecule has 2 rings (SSSR count). The fourth-order valence-electron chi connectivity index (χ4n) is 1.73. The topological polar surface area (TPSA) is 98.9 Å². The monoisotopic (exact) mass is 275 g/mol. The number of aromatic nitrogens is 2. The maximum atomic E-state index is 9.47. The van der Waals surface area contributed by atoms with Crippen LogP contribution in [0.4, 0.5) is 5.82 Å². The number of piperidine rings is 1. The van der Waals surface area contributed by atoms with Gasteiger partial charge in [-0.05, 0) is 19.8 Å². The number of hydrogen-bond donors (Lipinski definition) is 3. The summed E-state index contributed by atoms with van der Waals surface area (Å²) in [7, 11) is 0. The molecule has 1 fully saturated rings. The average Bonchev–Trinajstić information content (AvgIpc) is 2.78. The Balaban J connectivity index is 2.03. The van der Waals surface area contributed by atoms with E-state index in [4.69, 9.17) is 4.74 Å². The molecule has 7 nitrogen and oxygen atoms in total. The molecule has 2 heterocycles. The second kappa shape index (κ2) is 5.79. The summed E-state index contributed by atoms with van der Waals surface area (Å²) in [5.74, 6) is 0.788. The Morgan fingerprint density at radius 1 is 1.33 bits per heavy atom. The van der Waals surface area contributed by atoms with E-state index in [-0.39, 0.29) is 12.0 Å². The number of hydrogen-bond acceptors (Lipinski definition) is 8. The van der Waals surface area contributed by atoms with Gasteiger partial charge in [-0.15, -0.1) is 4.37 Å². The number of nitrogens with zero attached hydrogens (tertiary/aromatic N) is 3. The maximum Gasteiger partial charge on any atom is 0.273 e. The molecule has 1 aliphatic heterocycles. The van der Waals surface area contributed by atoms with Crippen LogP contribution in [0.3, 0.4) is 0 Å². The van der Waals surface area contributed by atoms with Gasteiger partial charge in [0, 0.05) is 13.1 Å². The Morgan fingerprint density at radius 2 is 2.00 bits per heavy atom. The summed E-state index contributed by atoms with van der Waals surface area (Å²) in [6.07, 6.45) is -1.22. The highest BCUT2D eigenvalue weighted by molar-refractivity contribution is 6.99. The summed E-state index contributed by atoms with van der Waals surface area (Å²) < 4.78 is 13.3. The first-order valence-electron chi connectivity index (χ1n) is 5.86. The zero-order valence-corrected chi connectivity index (χ0v) is 10.9. The summed E-state index contributed by atoms with van der Waals surface area (Å²) in [6, 6.07) is 0. The van der Waals surface area contributed by atoms with E-state index in [2.05, 4.69) is 8.75 Å². The molecule has 1 aliphatic rings. The molecular formula is C10H17N3O4S. The Bertz CT molecular complexity index is 379. The Labute approximate surface area is 109 Å². The quantitative estimate of drug-likeness (QED) is 0.642. The molecule has 3 N–H and O–H groups in total. The van der Waals surface area contributed by atoms with Gasteiger partial charge in [-0.3, -0.25) is 0 Å². The first kappa shape index (κ1) is 13.5. The van der Waals surface area contributed by atoms with Crippen molar-refractivity contribution in [1.29, 1.82) is 0 Å². The van der Waals surface area contributed by atoms with E-state index >= 15 is 0 Å². The summed E-state index contributed by atoms with van der Waals surface area (Å²) in [6.45, 7) is 2.78. The second-order valence-corrected chi connectivity index (χ2v) is 4.89. The first-order valence-corrected chi connectivity index (χ1v) is 6.59. The highest BCUT2D eigenvalue weighted by Crippen LogP contribution is 2.29. The highest BCUT2D eigenvalue weighted by atomic mass is 32.1. The van der Waals surface area contributed by atoms with E-state index in [0.29, 0.717) is 31.7 Å². The molecule has 1 saturated heterocycles. The molecule has 1 aromatic rings. The highest BCUT2D eigenvalue weighted by Gasteiger charge is 2.25. The van der Waals surface area contributed by atoms with Crippen molar-refractivity contribution in [1.82, 2.24) is 8.75 Å². The van der Waals surface area contributed by atoms with Gasteiger partial charge < -0.3 is 25.0 Å². The van der Waals surface area contributed by atoms with Crippen molar-refractivity contribution < 1.29 is 20.1 Å². The summed E-state index contributed by atoms with van der Waals surface area (Å²) >= 11 is 0.992. The number of anilines is 1. The normalized spacial score (nSPS) is 20.8. The van der Waals surface area contributed by atoms with Gasteiger partial charge in [0.15, 0.2) is 0 Å². The lowest BCUT2D eigenvalue weighted by Crippen LogP contribution is -2.37. The van der Waals surface area contributed by atoms with Crippen LogP contribution < -0.4 is 9.64 Å². The molecule has 18 heavy (non-hydrogen) atoms. The van der Waals surface area contributed by atoms with Crippen LogP contribution >= 0.6 is 11.7 Å². The fraction of sp³-hybridized carbons (Fsp3) is 0.800. The third kappa shape index (κ3) is 3.08. The fourth-order valence-corrected chi connectivity index (χ4v) is 2.24. The molecule has 0 amide bonds. The number of aliphatic hydroxyl groups excluding tert-OH is 3. The molecule has 1 aromatic heterocycles. The molecule has 0 saturated carbocycles. The van der Waals surface area contributed by atoms with Crippen molar-refractivity contribution in [2.24, 2.45) is 0 Å². The van der Waals surface area contributed by atoms with Gasteiger partial charge in [0.2, 0.25) is 12.1 Å². The van der Waals surface area contributed by atoms with Crippen molar-refractivity contribution >= 4 is 17.5 Å². The van der Waals surface area contributed by atoms with Crippen LogP contribution in [0.25, 0.3) is 0 Å². The van der Waals surface area contributed by atoms with Crippen LogP contribution in [-0.2, 0) is 0 Å². The number of ether oxygens (including phenoxy) is 1. The number of rotatable bonds is 4. The zero-order chi connectivity index (χ0) is 13.1. The average molecular weight is 275 g/mol. The molecule has 0 aliphatic carbocycles. The van der Waals surface area contributed by atoms with E-state index in [1.54, 1.807) is 0 Å². The van der Waals surface area contributed by atoms with Crippen LogP contribution in [0.5, 0.6) is 5.88 Å².